The van der Waals surface area contributed by atoms with Crippen LogP contribution in [-0.2, 0) is 9.59 Å². The molecular weight excluding hydrogens is 288 g/mol. The topological polar surface area (TPSA) is 58.5 Å². The molecule has 2 aliphatic carbocycles. The molecule has 122 valence electrons. The Morgan fingerprint density at radius 3 is 2.83 bits per heavy atom. The second-order valence-corrected chi connectivity index (χ2v) is 6.62. The molecule has 0 saturated heterocycles. The van der Waals surface area contributed by atoms with Crippen molar-refractivity contribution in [2.75, 3.05) is 0 Å². The number of carbonyl (C=O) groups is 2. The van der Waals surface area contributed by atoms with E-state index in [-0.39, 0.29) is 17.7 Å². The minimum atomic E-state index is -0.0911. The van der Waals surface area contributed by atoms with Crippen LogP contribution < -0.4 is 5.32 Å². The number of aliphatic imine (C=N–C) groups is 1. The van der Waals surface area contributed by atoms with Crippen molar-refractivity contribution < 1.29 is 9.59 Å². The molecule has 3 aliphatic rings. The third kappa shape index (κ3) is 3.87. The van der Waals surface area contributed by atoms with Crippen molar-refractivity contribution in [3.05, 3.63) is 35.6 Å². The molecule has 3 rings (SSSR count). The zero-order valence-electron chi connectivity index (χ0n) is 13.7. The Bertz CT molecular complexity index is 619. The largest absolute Gasteiger partial charge is 0.325 e. The summed E-state index contributed by atoms with van der Waals surface area (Å²) < 4.78 is 0. The van der Waals surface area contributed by atoms with Crippen LogP contribution in [0.3, 0.4) is 0 Å². The normalized spacial score (nSPS) is 25.9. The molecule has 0 bridgehead atoms. The van der Waals surface area contributed by atoms with Gasteiger partial charge in [0.05, 0.1) is 5.71 Å². The highest BCUT2D eigenvalue weighted by molar-refractivity contribution is 6.11. The van der Waals surface area contributed by atoms with E-state index in [0.717, 1.165) is 24.1 Å². The Morgan fingerprint density at radius 2 is 2.09 bits per heavy atom. The van der Waals surface area contributed by atoms with Gasteiger partial charge in [0.25, 0.3) is 0 Å². The summed E-state index contributed by atoms with van der Waals surface area (Å²) in [5.74, 6) is 0.677. The fourth-order valence-corrected chi connectivity index (χ4v) is 3.69. The molecule has 0 radical (unpaired) electrons. The molecule has 1 N–H and O–H groups in total. The van der Waals surface area contributed by atoms with Crippen LogP contribution in [0.1, 0.15) is 51.9 Å². The van der Waals surface area contributed by atoms with Crippen molar-refractivity contribution in [2.24, 2.45) is 16.8 Å². The summed E-state index contributed by atoms with van der Waals surface area (Å²) in [7, 11) is 0. The maximum Gasteiger partial charge on any atom is 0.248 e. The predicted molar refractivity (Wildman–Crippen MR) is 90.9 cm³/mol. The van der Waals surface area contributed by atoms with Crippen molar-refractivity contribution in [3.63, 3.8) is 0 Å². The molecule has 0 aromatic rings. The van der Waals surface area contributed by atoms with Crippen LogP contribution in [0.4, 0.5) is 0 Å². The first-order chi connectivity index (χ1) is 11.2. The Kier molecular flexibility index (Phi) is 4.89. The summed E-state index contributed by atoms with van der Waals surface area (Å²) in [6, 6.07) is 0. The Balaban J connectivity index is 1.64. The lowest BCUT2D eigenvalue weighted by molar-refractivity contribution is -0.118. The van der Waals surface area contributed by atoms with E-state index in [4.69, 9.17) is 0 Å². The summed E-state index contributed by atoms with van der Waals surface area (Å²) in [5.41, 5.74) is 2.58. The Morgan fingerprint density at radius 1 is 1.30 bits per heavy atom. The molecule has 4 heteroatoms. The summed E-state index contributed by atoms with van der Waals surface area (Å²) in [6.07, 6.45) is 14.9. The van der Waals surface area contributed by atoms with E-state index in [9.17, 15) is 9.59 Å². The molecule has 1 fully saturated rings. The third-order valence-corrected chi connectivity index (χ3v) is 4.98. The fourth-order valence-electron chi connectivity index (χ4n) is 3.69. The molecule has 2 amide bonds. The first kappa shape index (κ1) is 15.9. The standard InChI is InChI=1S/C19H24N2O2/c1-2-14-11-19(23)21-17-12-15(8-9-16(14)17)20-18(22)10-7-13-5-3-4-6-13/h8-9,11-13,16H,2-7,10H2,1H3,(H,21,23). The zero-order valence-corrected chi connectivity index (χ0v) is 13.7. The number of allylic oxidation sites excluding steroid dienone is 3. The summed E-state index contributed by atoms with van der Waals surface area (Å²) in [4.78, 5) is 28.0. The maximum atomic E-state index is 12.1. The number of fused-ring (bicyclic) bond motifs is 1. The molecule has 1 heterocycles. The monoisotopic (exact) mass is 312 g/mol. The lowest BCUT2D eigenvalue weighted by Gasteiger charge is -2.26. The van der Waals surface area contributed by atoms with Crippen molar-refractivity contribution in [1.29, 1.82) is 0 Å². The summed E-state index contributed by atoms with van der Waals surface area (Å²) in [6.45, 7) is 2.05. The second-order valence-electron chi connectivity index (χ2n) is 6.62. The zero-order chi connectivity index (χ0) is 16.2. The minimum absolute atomic E-state index is 0.0553. The number of amides is 2. The average molecular weight is 312 g/mol. The minimum Gasteiger partial charge on any atom is -0.325 e. The molecule has 0 spiro atoms. The maximum absolute atomic E-state index is 12.1. The first-order valence-electron chi connectivity index (χ1n) is 8.68. The second kappa shape index (κ2) is 7.07. The van der Waals surface area contributed by atoms with Gasteiger partial charge in [-0.25, -0.2) is 4.99 Å². The summed E-state index contributed by atoms with van der Waals surface area (Å²) >= 11 is 0. The SMILES string of the molecule is CCC1=CC(=O)NC2=CC(=NC(=O)CCC3CCCC3)C=CC12. The van der Waals surface area contributed by atoms with Gasteiger partial charge in [-0.2, -0.15) is 0 Å². The van der Waals surface area contributed by atoms with Gasteiger partial charge >= 0.3 is 0 Å². The van der Waals surface area contributed by atoms with Crippen molar-refractivity contribution in [2.45, 2.75) is 51.9 Å². The molecule has 0 aromatic carbocycles. The lowest BCUT2D eigenvalue weighted by atomic mass is 9.86. The highest BCUT2D eigenvalue weighted by Crippen LogP contribution is 2.30. The molecule has 0 aromatic heterocycles. The number of hydrogen-bond donors (Lipinski definition) is 1. The summed E-state index contributed by atoms with van der Waals surface area (Å²) in [5, 5.41) is 2.86. The molecular formula is C19H24N2O2. The predicted octanol–water partition coefficient (Wildman–Crippen LogP) is 3.46. The van der Waals surface area contributed by atoms with E-state index in [1.54, 1.807) is 6.08 Å². The molecule has 1 aliphatic heterocycles. The van der Waals surface area contributed by atoms with Gasteiger partial charge in [0, 0.05) is 24.1 Å². The van der Waals surface area contributed by atoms with E-state index in [2.05, 4.69) is 10.3 Å². The fraction of sp³-hybridized carbons (Fsp3) is 0.526. The van der Waals surface area contributed by atoms with Gasteiger partial charge in [0.15, 0.2) is 0 Å². The smallest absolute Gasteiger partial charge is 0.248 e. The number of rotatable bonds is 4. The third-order valence-electron chi connectivity index (χ3n) is 4.98. The average Bonchev–Trinajstić information content (AvgIpc) is 3.05. The van der Waals surface area contributed by atoms with Gasteiger partial charge in [-0.1, -0.05) is 44.3 Å². The highest BCUT2D eigenvalue weighted by atomic mass is 16.2. The Labute approximate surface area is 137 Å². The lowest BCUT2D eigenvalue weighted by Crippen LogP contribution is -2.33. The van der Waals surface area contributed by atoms with Gasteiger partial charge in [-0.15, -0.1) is 0 Å². The van der Waals surface area contributed by atoms with Crippen LogP contribution in [0.15, 0.2) is 40.6 Å². The quantitative estimate of drug-likeness (QED) is 0.864. The molecule has 23 heavy (non-hydrogen) atoms. The molecule has 1 saturated carbocycles. The van der Waals surface area contributed by atoms with Crippen LogP contribution in [-0.4, -0.2) is 17.5 Å². The molecule has 1 unspecified atom stereocenters. The van der Waals surface area contributed by atoms with Crippen LogP contribution in [0, 0.1) is 11.8 Å². The van der Waals surface area contributed by atoms with E-state index in [1.807, 2.05) is 25.2 Å². The van der Waals surface area contributed by atoms with E-state index < -0.39 is 0 Å². The first-order valence-corrected chi connectivity index (χ1v) is 8.68. The van der Waals surface area contributed by atoms with E-state index in [0.29, 0.717) is 18.1 Å². The number of carbonyl (C=O) groups excluding carboxylic acids is 2. The van der Waals surface area contributed by atoms with Crippen LogP contribution in [0.25, 0.3) is 0 Å². The van der Waals surface area contributed by atoms with Gasteiger partial charge in [0.2, 0.25) is 11.8 Å². The van der Waals surface area contributed by atoms with Gasteiger partial charge in [-0.3, -0.25) is 9.59 Å². The molecule has 4 nitrogen and oxygen atoms in total. The Hall–Kier alpha value is -1.97. The van der Waals surface area contributed by atoms with Gasteiger partial charge in [0.1, 0.15) is 0 Å². The van der Waals surface area contributed by atoms with Crippen LogP contribution >= 0.6 is 0 Å². The van der Waals surface area contributed by atoms with Crippen molar-refractivity contribution in [1.82, 2.24) is 5.32 Å². The van der Waals surface area contributed by atoms with Gasteiger partial charge in [-0.05, 0) is 30.9 Å². The van der Waals surface area contributed by atoms with Gasteiger partial charge < -0.3 is 5.32 Å². The van der Waals surface area contributed by atoms with Crippen molar-refractivity contribution in [3.8, 4) is 0 Å². The van der Waals surface area contributed by atoms with E-state index >= 15 is 0 Å². The highest BCUT2D eigenvalue weighted by Gasteiger charge is 2.25. The number of nitrogens with one attached hydrogen (secondary N) is 1. The number of nitrogens with zero attached hydrogens (tertiary/aromatic N) is 1. The van der Waals surface area contributed by atoms with Crippen LogP contribution in [0.5, 0.6) is 0 Å². The van der Waals surface area contributed by atoms with Crippen LogP contribution in [0.2, 0.25) is 0 Å². The van der Waals surface area contributed by atoms with Crippen molar-refractivity contribution >= 4 is 17.5 Å². The number of hydrogen-bond acceptors (Lipinski definition) is 2. The molecule has 1 atom stereocenters. The van der Waals surface area contributed by atoms with E-state index in [1.165, 1.54) is 25.7 Å².